The quantitative estimate of drug-likeness (QED) is 0.538. The Balaban J connectivity index is 0.000000841. The summed E-state index contributed by atoms with van der Waals surface area (Å²) >= 11 is 0. The molecule has 0 aliphatic rings. The Hall–Kier alpha value is -1.43. The highest BCUT2D eigenvalue weighted by Crippen LogP contribution is 2.21. The summed E-state index contributed by atoms with van der Waals surface area (Å²) in [6.07, 6.45) is -0.333. The Kier molecular flexibility index (Phi) is 12.2. The number of hydrogen-bond donors (Lipinski definition) is 2. The van der Waals surface area contributed by atoms with Gasteiger partial charge in [-0.2, -0.15) is 0 Å². The summed E-state index contributed by atoms with van der Waals surface area (Å²) in [5.41, 5.74) is 1.95. The van der Waals surface area contributed by atoms with Crippen molar-refractivity contribution in [3.05, 3.63) is 35.4 Å². The third kappa shape index (κ3) is 9.33. The van der Waals surface area contributed by atoms with Gasteiger partial charge in [0.2, 0.25) is 6.29 Å². The van der Waals surface area contributed by atoms with Crippen molar-refractivity contribution in [3.8, 4) is 0 Å². The number of carbonyl (C=O) groups excluding carboxylic acids is 1. The Morgan fingerprint density at radius 2 is 1.70 bits per heavy atom. The van der Waals surface area contributed by atoms with Gasteiger partial charge in [0.25, 0.3) is 6.47 Å². The first-order chi connectivity index (χ1) is 11.0. The topological polar surface area (TPSA) is 76.0 Å². The number of aliphatic hydroxyl groups is 2. The minimum absolute atomic E-state index is 0.181. The third-order valence-corrected chi connectivity index (χ3v) is 3.20. The van der Waals surface area contributed by atoms with E-state index in [9.17, 15) is 15.0 Å². The van der Waals surface area contributed by atoms with Crippen LogP contribution >= 0.6 is 0 Å². The van der Waals surface area contributed by atoms with E-state index in [1.165, 1.54) is 5.56 Å². The zero-order chi connectivity index (χ0) is 17.7. The lowest BCUT2D eigenvalue weighted by atomic mass is 9.96. The average Bonchev–Trinajstić information content (AvgIpc) is 2.51. The van der Waals surface area contributed by atoms with Crippen molar-refractivity contribution in [1.82, 2.24) is 0 Å². The Labute approximate surface area is 139 Å². The molecule has 0 radical (unpaired) electrons. The lowest BCUT2D eigenvalue weighted by Crippen LogP contribution is -2.24. The number of rotatable bonds is 9. The van der Waals surface area contributed by atoms with Crippen LogP contribution in [-0.4, -0.2) is 42.8 Å². The largest absolute Gasteiger partial charge is 0.437 e. The van der Waals surface area contributed by atoms with E-state index in [0.717, 1.165) is 25.2 Å². The van der Waals surface area contributed by atoms with Crippen molar-refractivity contribution in [2.75, 3.05) is 19.8 Å². The Morgan fingerprint density at radius 3 is 2.04 bits per heavy atom. The zero-order valence-corrected chi connectivity index (χ0v) is 14.6. The van der Waals surface area contributed by atoms with E-state index in [0.29, 0.717) is 5.92 Å². The number of carbonyl (C=O) groups is 1. The molecule has 5 heteroatoms. The normalized spacial score (nSPS) is 13.0. The number of aliphatic hydroxyl groups excluding tert-OH is 2. The van der Waals surface area contributed by atoms with Crippen molar-refractivity contribution in [1.29, 1.82) is 0 Å². The maximum absolute atomic E-state index is 10.2. The molecule has 0 fully saturated rings. The lowest BCUT2D eigenvalue weighted by Gasteiger charge is -2.19. The molecule has 2 N–H and O–H groups in total. The van der Waals surface area contributed by atoms with E-state index in [-0.39, 0.29) is 13.1 Å². The van der Waals surface area contributed by atoms with Gasteiger partial charge in [0.15, 0.2) is 0 Å². The van der Waals surface area contributed by atoms with Gasteiger partial charge in [-0.25, -0.2) is 0 Å². The minimum atomic E-state index is -1.32. The molecule has 0 saturated carbocycles. The fourth-order valence-corrected chi connectivity index (χ4v) is 2.09. The maximum atomic E-state index is 10.2. The molecule has 0 spiro atoms. The van der Waals surface area contributed by atoms with Crippen LogP contribution in [0.5, 0.6) is 0 Å². The van der Waals surface area contributed by atoms with Gasteiger partial charge in [0.1, 0.15) is 0 Å². The fourth-order valence-electron chi connectivity index (χ4n) is 2.09. The molecule has 0 aromatic heterocycles. The molecule has 0 aliphatic heterocycles. The minimum Gasteiger partial charge on any atom is -0.437 e. The second kappa shape index (κ2) is 13.0. The van der Waals surface area contributed by atoms with Gasteiger partial charge < -0.3 is 19.7 Å². The summed E-state index contributed by atoms with van der Waals surface area (Å²) < 4.78 is 9.29. The molecule has 2 atom stereocenters. The molecule has 0 heterocycles. The highest BCUT2D eigenvalue weighted by molar-refractivity contribution is 5.37. The van der Waals surface area contributed by atoms with Crippen molar-refractivity contribution < 1.29 is 24.5 Å². The van der Waals surface area contributed by atoms with Crippen molar-refractivity contribution in [2.24, 2.45) is 5.92 Å². The van der Waals surface area contributed by atoms with Crippen LogP contribution < -0.4 is 0 Å². The number of benzene rings is 1. The molecule has 2 unspecified atom stereocenters. The van der Waals surface area contributed by atoms with E-state index in [1.54, 1.807) is 0 Å². The van der Waals surface area contributed by atoms with Gasteiger partial charge in [0, 0.05) is 13.2 Å². The van der Waals surface area contributed by atoms with Crippen molar-refractivity contribution >= 4 is 6.47 Å². The molecule has 132 valence electrons. The number of ether oxygens (including phenoxy) is 2. The molecular formula is C18H30O5. The first kappa shape index (κ1) is 21.6. The summed E-state index contributed by atoms with van der Waals surface area (Å²) in [7, 11) is 0. The molecule has 1 aromatic carbocycles. The highest BCUT2D eigenvalue weighted by atomic mass is 16.6. The Morgan fingerprint density at radius 1 is 1.13 bits per heavy atom. The standard InChI is InChI=1S/C14H20O4.C4H10O/c1-10(2)7-11-3-5-12(6-4-11)13(8-15)14(17)18-9-16;1-3-5-4-2/h3-6,9-10,13-15,17H,7-8H2,1-2H3;3-4H2,1-2H3. The Bertz CT molecular complexity index is 400. The van der Waals surface area contributed by atoms with Gasteiger partial charge >= 0.3 is 0 Å². The van der Waals surface area contributed by atoms with E-state index in [4.69, 9.17) is 4.74 Å². The van der Waals surface area contributed by atoms with Gasteiger partial charge in [-0.15, -0.1) is 0 Å². The molecule has 23 heavy (non-hydrogen) atoms. The smallest absolute Gasteiger partial charge is 0.295 e. The molecule has 1 aromatic rings. The highest BCUT2D eigenvalue weighted by Gasteiger charge is 2.21. The van der Waals surface area contributed by atoms with E-state index in [1.807, 2.05) is 38.1 Å². The summed E-state index contributed by atoms with van der Waals surface area (Å²) in [6, 6.07) is 7.61. The molecular weight excluding hydrogens is 296 g/mol. The molecule has 0 amide bonds. The van der Waals surface area contributed by atoms with Crippen molar-refractivity contribution in [2.45, 2.75) is 46.3 Å². The number of hydrogen-bond acceptors (Lipinski definition) is 5. The first-order valence-corrected chi connectivity index (χ1v) is 8.04. The van der Waals surface area contributed by atoms with E-state index >= 15 is 0 Å². The van der Waals surface area contributed by atoms with Gasteiger partial charge in [-0.05, 0) is 37.3 Å². The van der Waals surface area contributed by atoms with Gasteiger partial charge in [-0.1, -0.05) is 38.1 Å². The van der Waals surface area contributed by atoms with Crippen LogP contribution in [0.3, 0.4) is 0 Å². The summed E-state index contributed by atoms with van der Waals surface area (Å²) in [6.45, 7) is 9.86. The molecule has 1 rings (SSSR count). The van der Waals surface area contributed by atoms with Crippen LogP contribution in [0.1, 0.15) is 44.7 Å². The second-order valence-corrected chi connectivity index (χ2v) is 5.53. The predicted molar refractivity (Wildman–Crippen MR) is 90.1 cm³/mol. The van der Waals surface area contributed by atoms with Gasteiger partial charge in [-0.3, -0.25) is 4.79 Å². The summed E-state index contributed by atoms with van der Waals surface area (Å²) in [4.78, 5) is 10.2. The van der Waals surface area contributed by atoms with Crippen molar-refractivity contribution in [3.63, 3.8) is 0 Å². The van der Waals surface area contributed by atoms with Crippen LogP contribution in [-0.2, 0) is 20.7 Å². The SMILES string of the molecule is CC(C)Cc1ccc(C(CO)C(O)OC=O)cc1.CCOCC. The molecule has 0 bridgehead atoms. The maximum Gasteiger partial charge on any atom is 0.295 e. The van der Waals surface area contributed by atoms with E-state index in [2.05, 4.69) is 18.6 Å². The fraction of sp³-hybridized carbons (Fsp3) is 0.611. The molecule has 0 saturated heterocycles. The average molecular weight is 326 g/mol. The zero-order valence-electron chi connectivity index (χ0n) is 14.6. The van der Waals surface area contributed by atoms with Crippen LogP contribution in [0.25, 0.3) is 0 Å². The van der Waals surface area contributed by atoms with E-state index < -0.39 is 12.2 Å². The lowest BCUT2D eigenvalue weighted by molar-refractivity contribution is -0.157. The predicted octanol–water partition coefficient (Wildman–Crippen LogP) is 2.50. The van der Waals surface area contributed by atoms with Crippen LogP contribution in [0.2, 0.25) is 0 Å². The molecule has 0 aliphatic carbocycles. The van der Waals surface area contributed by atoms with Gasteiger partial charge in [0.05, 0.1) is 12.5 Å². The third-order valence-electron chi connectivity index (χ3n) is 3.20. The summed E-state index contributed by atoms with van der Waals surface area (Å²) in [5, 5.41) is 18.8. The van der Waals surface area contributed by atoms with Crippen LogP contribution in [0, 0.1) is 5.92 Å². The van der Waals surface area contributed by atoms with Crippen LogP contribution in [0.15, 0.2) is 24.3 Å². The summed E-state index contributed by atoms with van der Waals surface area (Å²) in [5.74, 6) is -0.0308. The first-order valence-electron chi connectivity index (χ1n) is 8.04. The molecule has 5 nitrogen and oxygen atoms in total. The second-order valence-electron chi connectivity index (χ2n) is 5.53. The monoisotopic (exact) mass is 326 g/mol. The van der Waals surface area contributed by atoms with Crippen LogP contribution in [0.4, 0.5) is 0 Å².